The van der Waals surface area contributed by atoms with E-state index in [4.69, 9.17) is 18.9 Å². The fraction of sp³-hybridized carbons (Fsp3) is 0.667. The maximum atomic E-state index is 13.4. The van der Waals surface area contributed by atoms with Crippen LogP contribution in [0.2, 0.25) is 0 Å². The molecule has 12 heteroatoms. The number of nitrogens with one attached hydrogen (secondary N) is 1. The predicted molar refractivity (Wildman–Crippen MR) is 163 cm³/mol. The molecule has 1 fully saturated rings. The summed E-state index contributed by atoms with van der Waals surface area (Å²) < 4.78 is 22.3. The molecule has 0 unspecified atom stereocenters. The smallest absolute Gasteiger partial charge is 0.424 e. The summed E-state index contributed by atoms with van der Waals surface area (Å²) in [6, 6.07) is 3.22. The number of hydrogen-bond acceptors (Lipinski definition) is 10. The van der Waals surface area contributed by atoms with Gasteiger partial charge in [-0.2, -0.15) is 4.90 Å². The number of hydrogen-bond donors (Lipinski definition) is 1. The first-order chi connectivity index (χ1) is 19.2. The van der Waals surface area contributed by atoms with Crippen molar-refractivity contribution in [2.45, 2.75) is 105 Å². The average molecular weight is 657 g/mol. The molecule has 1 aromatic rings. The van der Waals surface area contributed by atoms with Crippen molar-refractivity contribution in [3.8, 4) is 0 Å². The van der Waals surface area contributed by atoms with Crippen LogP contribution in [0.25, 0.3) is 0 Å². The lowest BCUT2D eigenvalue weighted by Gasteiger charge is -2.30. The Hall–Kier alpha value is -2.70. The Morgan fingerprint density at radius 2 is 1.48 bits per heavy atom. The summed E-state index contributed by atoms with van der Waals surface area (Å²) in [6.45, 7) is 19.3. The number of amides is 2. The number of likely N-dealkylation sites (tertiary alicyclic amines) is 1. The lowest BCUT2D eigenvalue weighted by Crippen LogP contribution is -2.44. The van der Waals surface area contributed by atoms with Crippen LogP contribution in [0.3, 0.4) is 0 Å². The normalized spacial score (nSPS) is 16.1. The van der Waals surface area contributed by atoms with Gasteiger partial charge in [-0.05, 0) is 93.4 Å². The van der Waals surface area contributed by atoms with Crippen molar-refractivity contribution in [1.29, 1.82) is 0 Å². The van der Waals surface area contributed by atoms with E-state index >= 15 is 0 Å². The Kier molecular flexibility index (Phi) is 12.0. The van der Waals surface area contributed by atoms with Crippen molar-refractivity contribution in [3.63, 3.8) is 0 Å². The lowest BCUT2D eigenvalue weighted by molar-refractivity contribution is -0.153. The highest BCUT2D eigenvalue weighted by atomic mass is 79.9. The van der Waals surface area contributed by atoms with Gasteiger partial charge in [0, 0.05) is 30.1 Å². The number of benzene rings is 1. The van der Waals surface area contributed by atoms with Crippen molar-refractivity contribution in [2.75, 3.05) is 31.1 Å². The molecule has 1 atom stereocenters. The van der Waals surface area contributed by atoms with Crippen molar-refractivity contribution in [1.82, 2.24) is 10.2 Å². The van der Waals surface area contributed by atoms with Gasteiger partial charge in [-0.3, -0.25) is 9.69 Å². The lowest BCUT2D eigenvalue weighted by atomic mass is 10.1. The number of esters is 2. The summed E-state index contributed by atoms with van der Waals surface area (Å²) >= 11 is 3.56. The van der Waals surface area contributed by atoms with Gasteiger partial charge < -0.3 is 24.3 Å². The van der Waals surface area contributed by atoms with E-state index < -0.39 is 35.0 Å². The molecule has 0 aromatic heterocycles. The maximum Gasteiger partial charge on any atom is 0.424 e. The Morgan fingerprint density at radius 3 is 1.98 bits per heavy atom. The fourth-order valence-corrected chi connectivity index (χ4v) is 4.63. The molecule has 0 saturated carbocycles. The molecule has 2 rings (SSSR count). The maximum absolute atomic E-state index is 13.4. The van der Waals surface area contributed by atoms with E-state index in [2.05, 4.69) is 26.1 Å². The van der Waals surface area contributed by atoms with Gasteiger partial charge in [-0.15, -0.1) is 0 Å². The molecule has 1 aromatic carbocycles. The zero-order valence-electron chi connectivity index (χ0n) is 26.5. The van der Waals surface area contributed by atoms with Gasteiger partial charge in [0.2, 0.25) is 0 Å². The van der Waals surface area contributed by atoms with Crippen LogP contribution in [0.4, 0.5) is 15.3 Å². The Bertz CT molecular complexity index is 1120. The minimum absolute atomic E-state index is 0.00233. The topological polar surface area (TPSA) is 124 Å². The quantitative estimate of drug-likeness (QED) is 0.271. The Balaban J connectivity index is 2.40. The minimum atomic E-state index is -0.983. The van der Waals surface area contributed by atoms with E-state index in [0.29, 0.717) is 17.6 Å². The number of carbonyl (C=O) groups is 4. The molecular weight excluding hydrogens is 610 g/mol. The molecule has 0 radical (unpaired) electrons. The van der Waals surface area contributed by atoms with Gasteiger partial charge in [0.15, 0.2) is 0 Å². The third-order valence-electron chi connectivity index (χ3n) is 5.67. The summed E-state index contributed by atoms with van der Waals surface area (Å²) in [5, 5.41) is 3.26. The van der Waals surface area contributed by atoms with E-state index in [1.54, 1.807) is 60.6 Å². The summed E-state index contributed by atoms with van der Waals surface area (Å²) in [5.74, 6) is -1.02. The molecule has 1 aliphatic heterocycles. The highest BCUT2D eigenvalue weighted by Gasteiger charge is 2.36. The average Bonchev–Trinajstić information content (AvgIpc) is 3.23. The zero-order chi connectivity index (χ0) is 32.0. The molecule has 1 saturated heterocycles. The number of anilines is 1. The van der Waals surface area contributed by atoms with E-state index in [0.717, 1.165) is 23.4 Å². The van der Waals surface area contributed by atoms with Crippen LogP contribution in [0.15, 0.2) is 16.6 Å². The van der Waals surface area contributed by atoms with Crippen molar-refractivity contribution >= 4 is 45.7 Å². The van der Waals surface area contributed by atoms with Crippen LogP contribution in [0.1, 0.15) is 91.6 Å². The monoisotopic (exact) mass is 655 g/mol. The minimum Gasteiger partial charge on any atom is -0.462 e. The number of nitrogens with zero attached hydrogens (tertiary/aromatic N) is 2. The third-order valence-corrected chi connectivity index (χ3v) is 6.41. The summed E-state index contributed by atoms with van der Waals surface area (Å²) in [5.41, 5.74) is -1.67. The van der Waals surface area contributed by atoms with Crippen LogP contribution in [-0.4, -0.2) is 78.1 Å². The zero-order valence-corrected chi connectivity index (χ0v) is 28.1. The van der Waals surface area contributed by atoms with Crippen LogP contribution < -0.4 is 10.2 Å². The van der Waals surface area contributed by atoms with E-state index in [1.807, 2.05) is 20.8 Å². The molecule has 1 heterocycles. The highest BCUT2D eigenvalue weighted by Crippen LogP contribution is 2.33. The van der Waals surface area contributed by atoms with Crippen molar-refractivity contribution < 1.29 is 38.1 Å². The van der Waals surface area contributed by atoms with Crippen LogP contribution in [0.5, 0.6) is 0 Å². The van der Waals surface area contributed by atoms with Gasteiger partial charge in [-0.1, -0.05) is 15.9 Å². The van der Waals surface area contributed by atoms with Crippen molar-refractivity contribution in [2.24, 2.45) is 0 Å². The molecule has 0 spiro atoms. The number of carbonyl (C=O) groups excluding carboxylic acids is 4. The molecule has 236 valence electrons. The Morgan fingerprint density at radius 1 is 0.929 bits per heavy atom. The second kappa shape index (κ2) is 14.2. The van der Waals surface area contributed by atoms with Crippen molar-refractivity contribution in [3.05, 3.63) is 27.7 Å². The van der Waals surface area contributed by atoms with Gasteiger partial charge in [0.1, 0.15) is 16.8 Å². The van der Waals surface area contributed by atoms with Gasteiger partial charge in [0.25, 0.3) is 0 Å². The Labute approximate surface area is 257 Å². The second-order valence-electron chi connectivity index (χ2n) is 13.2. The number of ether oxygens (including phenoxy) is 4. The van der Waals surface area contributed by atoms with E-state index in [-0.39, 0.29) is 36.4 Å². The third kappa shape index (κ3) is 11.5. The molecule has 1 aliphatic rings. The molecule has 11 nitrogen and oxygen atoms in total. The molecule has 1 N–H and O–H groups in total. The first-order valence-corrected chi connectivity index (χ1v) is 14.9. The molecule has 0 bridgehead atoms. The number of imide groups is 1. The first kappa shape index (κ1) is 35.5. The van der Waals surface area contributed by atoms with E-state index in [9.17, 15) is 19.2 Å². The summed E-state index contributed by atoms with van der Waals surface area (Å²) in [6.07, 6.45) is -1.15. The molecule has 2 amide bonds. The number of rotatable bonds is 8. The molecular formula is C30H46BrN3O8. The number of halogens is 1. The van der Waals surface area contributed by atoms with Crippen LogP contribution in [-0.2, 0) is 30.3 Å². The largest absolute Gasteiger partial charge is 0.462 e. The van der Waals surface area contributed by atoms with Gasteiger partial charge in [0.05, 0.1) is 24.4 Å². The predicted octanol–water partition coefficient (Wildman–Crippen LogP) is 5.81. The van der Waals surface area contributed by atoms with Crippen LogP contribution >= 0.6 is 15.9 Å². The first-order valence-electron chi connectivity index (χ1n) is 14.1. The standard InChI is InChI=1S/C30H46BrN3O8/c1-11-39-25(36)21-15-22(31)19(17-33-13-12-20(18-33)32-16-24(35)40-28(2,3)4)14-23(21)34(26(37)41-29(5,6)7)27(38)42-30(8,9)10/h14-15,20,32H,11-13,16-18H2,1-10H3/t20-/m1/s1. The van der Waals surface area contributed by atoms with Gasteiger partial charge in [-0.25, -0.2) is 14.4 Å². The molecule has 42 heavy (non-hydrogen) atoms. The summed E-state index contributed by atoms with van der Waals surface area (Å²) in [4.78, 5) is 54.9. The summed E-state index contributed by atoms with van der Waals surface area (Å²) in [7, 11) is 0. The van der Waals surface area contributed by atoms with E-state index in [1.165, 1.54) is 0 Å². The molecule has 0 aliphatic carbocycles. The van der Waals surface area contributed by atoms with Gasteiger partial charge >= 0.3 is 24.1 Å². The highest BCUT2D eigenvalue weighted by molar-refractivity contribution is 9.10. The fourth-order valence-electron chi connectivity index (χ4n) is 4.16. The van der Waals surface area contributed by atoms with Crippen LogP contribution in [0, 0.1) is 0 Å². The SMILES string of the molecule is CCOC(=O)c1cc(Br)c(CN2CC[C@@H](NCC(=O)OC(C)(C)C)C2)cc1N(C(=O)OC(C)(C)C)C(=O)OC(C)(C)C. The second-order valence-corrected chi connectivity index (χ2v) is 14.0.